The molecule has 4 rings (SSSR count). The van der Waals surface area contributed by atoms with Crippen molar-refractivity contribution in [2.45, 2.75) is 23.2 Å². The molecule has 2 aliphatic heterocycles. The van der Waals surface area contributed by atoms with Crippen LogP contribution < -0.4 is 10.6 Å². The molecule has 1 saturated heterocycles. The van der Waals surface area contributed by atoms with Crippen LogP contribution in [0.4, 0.5) is 5.69 Å². The number of nitrogens with one attached hydrogen (secondary N) is 2. The van der Waals surface area contributed by atoms with Crippen LogP contribution in [0, 0.1) is 0 Å². The Balaban J connectivity index is 1.46. The van der Waals surface area contributed by atoms with E-state index in [1.165, 1.54) is 11.8 Å². The smallest absolute Gasteiger partial charge is 0.252 e. The minimum absolute atomic E-state index is 0.0467. The average molecular weight is 398 g/mol. The molecule has 0 unspecified atom stereocenters. The summed E-state index contributed by atoms with van der Waals surface area (Å²) in [6.07, 6.45) is 0. The van der Waals surface area contributed by atoms with Crippen LogP contribution in [-0.2, 0) is 9.53 Å². The van der Waals surface area contributed by atoms with Crippen LogP contribution in [0.5, 0.6) is 0 Å². The van der Waals surface area contributed by atoms with E-state index in [0.29, 0.717) is 24.5 Å². The Bertz CT molecular complexity index is 868. The number of fused-ring (bicyclic) bond motifs is 1. The lowest BCUT2D eigenvalue weighted by atomic mass is 10.1. The SMILES string of the molecule is C[C@@H](NC(=O)c1ccc2c(c1)NC(=O)[C@@H](N1CCOCC1)S2)c1ccccc1. The van der Waals surface area contributed by atoms with Gasteiger partial charge in [-0.25, -0.2) is 0 Å². The highest BCUT2D eigenvalue weighted by molar-refractivity contribution is 8.00. The summed E-state index contributed by atoms with van der Waals surface area (Å²) in [5, 5.41) is 5.72. The van der Waals surface area contributed by atoms with E-state index in [9.17, 15) is 9.59 Å². The van der Waals surface area contributed by atoms with Gasteiger partial charge in [-0.3, -0.25) is 14.5 Å². The maximum Gasteiger partial charge on any atom is 0.252 e. The monoisotopic (exact) mass is 397 g/mol. The molecule has 0 spiro atoms. The number of benzene rings is 2. The van der Waals surface area contributed by atoms with Crippen molar-refractivity contribution >= 4 is 29.3 Å². The summed E-state index contributed by atoms with van der Waals surface area (Å²) < 4.78 is 5.37. The number of anilines is 1. The van der Waals surface area contributed by atoms with Crippen molar-refractivity contribution in [2.75, 3.05) is 31.6 Å². The van der Waals surface area contributed by atoms with E-state index in [2.05, 4.69) is 15.5 Å². The van der Waals surface area contributed by atoms with E-state index in [0.717, 1.165) is 23.5 Å². The van der Waals surface area contributed by atoms with Gasteiger partial charge in [0.05, 0.1) is 24.9 Å². The van der Waals surface area contributed by atoms with Crippen molar-refractivity contribution in [1.82, 2.24) is 10.2 Å². The Morgan fingerprint density at radius 3 is 2.71 bits per heavy atom. The zero-order valence-corrected chi connectivity index (χ0v) is 16.5. The van der Waals surface area contributed by atoms with Crippen molar-refractivity contribution in [3.63, 3.8) is 0 Å². The van der Waals surface area contributed by atoms with Gasteiger partial charge in [-0.1, -0.05) is 42.1 Å². The molecule has 2 N–H and O–H groups in total. The van der Waals surface area contributed by atoms with Gasteiger partial charge in [0, 0.05) is 23.5 Å². The molecule has 146 valence electrons. The maximum atomic E-state index is 12.7. The number of nitrogens with zero attached hydrogens (tertiary/aromatic N) is 1. The lowest BCUT2D eigenvalue weighted by Gasteiger charge is -2.35. The molecule has 0 aliphatic carbocycles. The molecule has 28 heavy (non-hydrogen) atoms. The Labute approximate surface area is 168 Å². The molecule has 2 aromatic carbocycles. The molecular formula is C21H23N3O3S. The molecule has 2 aliphatic rings. The summed E-state index contributed by atoms with van der Waals surface area (Å²) in [6.45, 7) is 4.75. The predicted octanol–water partition coefficient (Wildman–Crippen LogP) is 2.88. The first-order chi connectivity index (χ1) is 13.6. The van der Waals surface area contributed by atoms with Gasteiger partial charge < -0.3 is 15.4 Å². The molecule has 0 aromatic heterocycles. The standard InChI is InChI=1S/C21H23N3O3S/c1-14(15-5-3-2-4-6-15)22-19(25)16-7-8-18-17(13-16)23-20(26)21(28-18)24-9-11-27-12-10-24/h2-8,13-14,21H,9-12H2,1H3,(H,22,25)(H,23,26)/t14-,21+/m1/s1. The van der Waals surface area contributed by atoms with Crippen molar-refractivity contribution in [2.24, 2.45) is 0 Å². The predicted molar refractivity (Wildman–Crippen MR) is 109 cm³/mol. The molecular weight excluding hydrogens is 374 g/mol. The molecule has 7 heteroatoms. The minimum Gasteiger partial charge on any atom is -0.379 e. The van der Waals surface area contributed by atoms with E-state index in [-0.39, 0.29) is 23.2 Å². The second kappa shape index (κ2) is 8.34. The van der Waals surface area contributed by atoms with Crippen LogP contribution in [0.3, 0.4) is 0 Å². The van der Waals surface area contributed by atoms with Crippen LogP contribution >= 0.6 is 11.8 Å². The number of carbonyl (C=O) groups is 2. The number of amides is 2. The van der Waals surface area contributed by atoms with E-state index in [4.69, 9.17) is 4.74 Å². The van der Waals surface area contributed by atoms with E-state index in [1.807, 2.05) is 49.4 Å². The fourth-order valence-electron chi connectivity index (χ4n) is 3.40. The molecule has 0 saturated carbocycles. The average Bonchev–Trinajstić information content (AvgIpc) is 2.74. The molecule has 2 atom stereocenters. The Kier molecular flexibility index (Phi) is 5.66. The van der Waals surface area contributed by atoms with Gasteiger partial charge in [0.15, 0.2) is 0 Å². The first kappa shape index (κ1) is 19.0. The lowest BCUT2D eigenvalue weighted by Crippen LogP contribution is -2.48. The third kappa shape index (κ3) is 4.06. The molecule has 2 amide bonds. The van der Waals surface area contributed by atoms with Gasteiger partial charge in [-0.05, 0) is 30.7 Å². The first-order valence-electron chi connectivity index (χ1n) is 9.41. The number of morpholine rings is 1. The Morgan fingerprint density at radius 1 is 1.21 bits per heavy atom. The van der Waals surface area contributed by atoms with Crippen LogP contribution in [0.2, 0.25) is 0 Å². The summed E-state index contributed by atoms with van der Waals surface area (Å²) in [6, 6.07) is 15.2. The van der Waals surface area contributed by atoms with E-state index < -0.39 is 0 Å². The minimum atomic E-state index is -0.255. The largest absolute Gasteiger partial charge is 0.379 e. The van der Waals surface area contributed by atoms with Crippen molar-refractivity contribution in [3.8, 4) is 0 Å². The number of carbonyl (C=O) groups excluding carboxylic acids is 2. The molecule has 0 bridgehead atoms. The number of hydrogen-bond acceptors (Lipinski definition) is 5. The molecule has 2 aromatic rings. The highest BCUT2D eigenvalue weighted by Gasteiger charge is 2.33. The summed E-state index contributed by atoms with van der Waals surface area (Å²) in [4.78, 5) is 28.3. The van der Waals surface area contributed by atoms with Gasteiger partial charge >= 0.3 is 0 Å². The zero-order chi connectivity index (χ0) is 19.5. The molecule has 1 fully saturated rings. The van der Waals surface area contributed by atoms with E-state index >= 15 is 0 Å². The second-order valence-electron chi connectivity index (χ2n) is 6.92. The van der Waals surface area contributed by atoms with Gasteiger partial charge in [-0.15, -0.1) is 0 Å². The van der Waals surface area contributed by atoms with Crippen LogP contribution in [0.25, 0.3) is 0 Å². The fraction of sp³-hybridized carbons (Fsp3) is 0.333. The summed E-state index contributed by atoms with van der Waals surface area (Å²) >= 11 is 1.53. The maximum absolute atomic E-state index is 12.7. The molecule has 2 heterocycles. The van der Waals surface area contributed by atoms with Gasteiger partial charge in [-0.2, -0.15) is 0 Å². The summed E-state index contributed by atoms with van der Waals surface area (Å²) in [7, 11) is 0. The van der Waals surface area contributed by atoms with Crippen molar-refractivity contribution < 1.29 is 14.3 Å². The van der Waals surface area contributed by atoms with Crippen LogP contribution in [0.1, 0.15) is 28.9 Å². The van der Waals surface area contributed by atoms with Crippen LogP contribution in [0.15, 0.2) is 53.4 Å². The highest BCUT2D eigenvalue weighted by atomic mass is 32.2. The van der Waals surface area contributed by atoms with Crippen LogP contribution in [-0.4, -0.2) is 48.4 Å². The number of thioether (sulfide) groups is 1. The summed E-state index contributed by atoms with van der Waals surface area (Å²) in [5.41, 5.74) is 2.28. The quantitative estimate of drug-likeness (QED) is 0.830. The topological polar surface area (TPSA) is 70.7 Å². The van der Waals surface area contributed by atoms with Gasteiger partial charge in [0.1, 0.15) is 5.37 Å². The Hall–Kier alpha value is -2.35. The first-order valence-corrected chi connectivity index (χ1v) is 10.3. The molecule has 0 radical (unpaired) electrons. The second-order valence-corrected chi connectivity index (χ2v) is 8.05. The normalized spacial score (nSPS) is 20.8. The zero-order valence-electron chi connectivity index (χ0n) is 15.7. The fourth-order valence-corrected chi connectivity index (χ4v) is 4.55. The van der Waals surface area contributed by atoms with Gasteiger partial charge in [0.25, 0.3) is 11.8 Å². The number of ether oxygens (including phenoxy) is 1. The van der Waals surface area contributed by atoms with Crippen molar-refractivity contribution in [1.29, 1.82) is 0 Å². The highest BCUT2D eigenvalue weighted by Crippen LogP contribution is 2.37. The third-order valence-corrected chi connectivity index (χ3v) is 6.33. The third-order valence-electron chi connectivity index (χ3n) is 4.99. The lowest BCUT2D eigenvalue weighted by molar-refractivity contribution is -0.119. The van der Waals surface area contributed by atoms with E-state index in [1.54, 1.807) is 6.07 Å². The number of hydrogen-bond donors (Lipinski definition) is 2. The van der Waals surface area contributed by atoms with Crippen molar-refractivity contribution in [3.05, 3.63) is 59.7 Å². The molecule has 6 nitrogen and oxygen atoms in total. The Morgan fingerprint density at radius 2 is 1.96 bits per heavy atom. The van der Waals surface area contributed by atoms with Gasteiger partial charge in [0.2, 0.25) is 0 Å². The number of rotatable bonds is 4. The summed E-state index contributed by atoms with van der Waals surface area (Å²) in [5.74, 6) is -0.205.